The van der Waals surface area contributed by atoms with Crippen molar-refractivity contribution in [1.29, 1.82) is 0 Å². The summed E-state index contributed by atoms with van der Waals surface area (Å²) >= 11 is 1.47. The van der Waals surface area contributed by atoms with Crippen LogP contribution >= 0.6 is 11.8 Å². The minimum absolute atomic E-state index is 0.0414. The molecule has 3 aromatic carbocycles. The second-order valence-electron chi connectivity index (χ2n) is 15.8. The first-order valence-corrected chi connectivity index (χ1v) is 20.0. The molecule has 2 fully saturated rings. The summed E-state index contributed by atoms with van der Waals surface area (Å²) in [6.07, 6.45) is -0.0981. The lowest BCUT2D eigenvalue weighted by Gasteiger charge is -2.62. The van der Waals surface area contributed by atoms with Gasteiger partial charge in [0.1, 0.15) is 18.6 Å². The number of methoxy groups -OCH3 is 1. The number of aliphatic hydroxyl groups excluding tert-OH is 2. The molecule has 0 unspecified atom stereocenters. The monoisotopic (exact) mass is 784 g/mol. The summed E-state index contributed by atoms with van der Waals surface area (Å²) in [5, 5.41) is 39.2. The molecule has 4 bridgehead atoms. The number of fused-ring (bicyclic) bond motifs is 11. The minimum Gasteiger partial charge on any atom is -0.504 e. The topological polar surface area (TPSA) is 175 Å². The van der Waals surface area contributed by atoms with E-state index in [9.17, 15) is 24.9 Å². The number of aromatic nitrogens is 1. The summed E-state index contributed by atoms with van der Waals surface area (Å²) in [5.41, 5.74) is 5.36. The first-order chi connectivity index (χ1) is 27.0. The second kappa shape index (κ2) is 12.7. The number of nitrogens with zero attached hydrogens (tertiary/aromatic N) is 2. The van der Waals surface area contributed by atoms with Crippen LogP contribution in [0.15, 0.2) is 30.3 Å². The second-order valence-corrected chi connectivity index (χ2v) is 17.0. The molecule has 4 aromatic rings. The van der Waals surface area contributed by atoms with Crippen molar-refractivity contribution >= 4 is 34.6 Å². The number of ether oxygens (including phenoxy) is 5. The lowest BCUT2D eigenvalue weighted by molar-refractivity contribution is -0.186. The first-order valence-electron chi connectivity index (χ1n) is 19.0. The number of aliphatic hydroxyl groups is 2. The van der Waals surface area contributed by atoms with Crippen LogP contribution < -0.4 is 24.3 Å². The highest BCUT2D eigenvalue weighted by molar-refractivity contribution is 7.99. The van der Waals surface area contributed by atoms with E-state index in [1.165, 1.54) is 25.8 Å². The number of nitrogens with one attached hydrogen (secondary N) is 2. The number of aromatic amines is 1. The number of carbonyl (C=O) groups excluding carboxylic acids is 2. The van der Waals surface area contributed by atoms with Crippen molar-refractivity contribution in [3.63, 3.8) is 0 Å². The number of aryl methyl sites for hydroxylation is 1. The van der Waals surface area contributed by atoms with Gasteiger partial charge in [-0.3, -0.25) is 19.9 Å². The van der Waals surface area contributed by atoms with Crippen LogP contribution in [0.3, 0.4) is 0 Å². The van der Waals surface area contributed by atoms with Gasteiger partial charge in [-0.2, -0.15) is 0 Å². The molecule has 2 saturated heterocycles. The Morgan fingerprint density at radius 3 is 2.64 bits per heavy atom. The van der Waals surface area contributed by atoms with Gasteiger partial charge in [0.2, 0.25) is 6.79 Å². The molecule has 8 heterocycles. The van der Waals surface area contributed by atoms with E-state index in [1.54, 1.807) is 0 Å². The molecule has 15 heteroatoms. The highest BCUT2D eigenvalue weighted by Gasteiger charge is 2.62. The summed E-state index contributed by atoms with van der Waals surface area (Å²) < 4.78 is 30.6. The van der Waals surface area contributed by atoms with E-state index in [2.05, 4.69) is 15.2 Å². The van der Waals surface area contributed by atoms with Crippen LogP contribution in [0, 0.1) is 13.8 Å². The molecule has 5 N–H and O–H groups in total. The number of rotatable bonds is 3. The smallest absolute Gasteiger partial charge is 0.333 e. The van der Waals surface area contributed by atoms with Crippen molar-refractivity contribution in [2.24, 2.45) is 0 Å². The number of phenolic OH excluding ortho intramolecular Hbond substituents is 1. The van der Waals surface area contributed by atoms with Crippen molar-refractivity contribution in [3.8, 4) is 28.7 Å². The summed E-state index contributed by atoms with van der Waals surface area (Å²) in [4.78, 5) is 35.6. The maximum Gasteiger partial charge on any atom is 0.333 e. The van der Waals surface area contributed by atoms with Gasteiger partial charge >= 0.3 is 11.9 Å². The van der Waals surface area contributed by atoms with E-state index in [0.29, 0.717) is 63.8 Å². The number of esters is 2. The van der Waals surface area contributed by atoms with Gasteiger partial charge in [-0.25, -0.2) is 4.79 Å². The van der Waals surface area contributed by atoms with Gasteiger partial charge in [0.05, 0.1) is 42.8 Å². The Labute approximate surface area is 327 Å². The van der Waals surface area contributed by atoms with Crippen LogP contribution in [0.4, 0.5) is 0 Å². The summed E-state index contributed by atoms with van der Waals surface area (Å²) in [5.74, 6) is 0.732. The van der Waals surface area contributed by atoms with Crippen LogP contribution in [-0.4, -0.2) is 106 Å². The third-order valence-electron chi connectivity index (χ3n) is 12.9. The number of likely N-dealkylation sites (N-methyl/N-ethyl adjacent to an activating group) is 1. The third-order valence-corrected chi connectivity index (χ3v) is 14.4. The maximum atomic E-state index is 14.9. The zero-order valence-corrected chi connectivity index (χ0v) is 32.5. The third kappa shape index (κ3) is 4.75. The summed E-state index contributed by atoms with van der Waals surface area (Å²) in [6.45, 7) is 4.62. The molecule has 0 saturated carbocycles. The molecule has 1 aromatic heterocycles. The molecular weight excluding hydrogens is 741 g/mol. The fourth-order valence-corrected chi connectivity index (χ4v) is 12.3. The quantitative estimate of drug-likeness (QED) is 0.151. The Kier molecular flexibility index (Phi) is 8.17. The van der Waals surface area contributed by atoms with Gasteiger partial charge in [-0.05, 0) is 56.5 Å². The molecule has 56 heavy (non-hydrogen) atoms. The molecule has 11 rings (SSSR count). The SMILES string of the molecule is COc1c(C)cc2c(c1O)[C@H]1[C@H]3[C@H]4SC[C@]5(N[C@H](CO)Cc6c5[nH]c5ccccc65)C(=O)OC[C@H](c5c6c(c(C)c(OC(C)=O)c54)OCO6)N3[C@H](O)[C@H](C2)N1C. The Bertz CT molecular complexity index is 2350. The Morgan fingerprint density at radius 1 is 1.09 bits per heavy atom. The van der Waals surface area contributed by atoms with Crippen molar-refractivity contribution < 1.29 is 48.6 Å². The lowest BCUT2D eigenvalue weighted by atomic mass is 9.73. The number of H-pyrrole nitrogens is 1. The van der Waals surface area contributed by atoms with Crippen LogP contribution in [0.1, 0.15) is 68.9 Å². The normalized spacial score (nSPS) is 30.3. The van der Waals surface area contributed by atoms with Crippen molar-refractivity contribution in [3.05, 3.63) is 75.0 Å². The maximum absolute atomic E-state index is 14.9. The zero-order chi connectivity index (χ0) is 38.9. The number of phenols is 1. The average molecular weight is 785 g/mol. The molecule has 0 aliphatic carbocycles. The fourth-order valence-electron chi connectivity index (χ4n) is 10.7. The highest BCUT2D eigenvalue weighted by atomic mass is 32.2. The van der Waals surface area contributed by atoms with E-state index < -0.39 is 59.2 Å². The molecular formula is C41H44N4O10S. The molecule has 0 amide bonds. The number of hydrogen-bond donors (Lipinski definition) is 5. The number of hydrogen-bond acceptors (Lipinski definition) is 14. The Morgan fingerprint density at radius 2 is 1.88 bits per heavy atom. The summed E-state index contributed by atoms with van der Waals surface area (Å²) in [7, 11) is 3.51. The molecule has 8 atom stereocenters. The number of thioether (sulfide) groups is 1. The van der Waals surface area contributed by atoms with Crippen LogP contribution in [0.25, 0.3) is 10.9 Å². The van der Waals surface area contributed by atoms with Gasteiger partial charge in [0.15, 0.2) is 28.5 Å². The van der Waals surface area contributed by atoms with Crippen molar-refractivity contribution in [1.82, 2.24) is 20.1 Å². The number of para-hydroxylation sites is 1. The molecule has 7 aliphatic heterocycles. The predicted octanol–water partition coefficient (Wildman–Crippen LogP) is 3.54. The first kappa shape index (κ1) is 35.9. The number of piperazine rings is 1. The number of benzene rings is 3. The van der Waals surface area contributed by atoms with Gasteiger partial charge in [-0.1, -0.05) is 24.3 Å². The Balaban J connectivity index is 1.25. The zero-order valence-electron chi connectivity index (χ0n) is 31.7. The number of aromatic hydroxyl groups is 1. The van der Waals surface area contributed by atoms with E-state index in [1.807, 2.05) is 56.1 Å². The summed E-state index contributed by atoms with van der Waals surface area (Å²) in [6, 6.07) is 7.21. The van der Waals surface area contributed by atoms with E-state index in [4.69, 9.17) is 23.7 Å². The van der Waals surface area contributed by atoms with Crippen LogP contribution in [0.2, 0.25) is 0 Å². The molecule has 294 valence electrons. The Hall–Kier alpha value is -4.51. The molecule has 7 aliphatic rings. The largest absolute Gasteiger partial charge is 0.504 e. The van der Waals surface area contributed by atoms with E-state index in [0.717, 1.165) is 27.6 Å². The van der Waals surface area contributed by atoms with E-state index >= 15 is 0 Å². The highest BCUT2D eigenvalue weighted by Crippen LogP contribution is 2.64. The predicted molar refractivity (Wildman–Crippen MR) is 204 cm³/mol. The number of carbonyl (C=O) groups is 2. The van der Waals surface area contributed by atoms with Gasteiger partial charge < -0.3 is 44.0 Å². The van der Waals surface area contributed by atoms with Crippen molar-refractivity contribution in [2.45, 2.75) is 80.8 Å². The molecule has 14 nitrogen and oxygen atoms in total. The standard InChI is InChI=1S/C41H44N4O10S/c1-17-10-20-11-25-39(49)45-26-14-52-40(50)41(38-23(12-21(13-46)43-41)22-8-6-7-9-24(22)42-38)15-56-37(31(45)30(44(25)4)27(20)32(48)33(17)51-5)29-28(26)36-35(53-16-54-36)18(2)34(29)55-19(3)47/h6-10,21,25-26,30-31,37,39,42-43,46,48-49H,11-16H2,1-5H3/t21-,25-,26+,30-,31-,37-,39+,41+/m0/s1. The van der Waals surface area contributed by atoms with Gasteiger partial charge in [0.25, 0.3) is 0 Å². The van der Waals surface area contributed by atoms with Gasteiger partial charge in [0, 0.05) is 57.9 Å². The lowest BCUT2D eigenvalue weighted by Crippen LogP contribution is -2.70. The molecule has 0 radical (unpaired) electrons. The average Bonchev–Trinajstić information content (AvgIpc) is 3.82. The fraction of sp³-hybridized carbons (Fsp3) is 0.463. The van der Waals surface area contributed by atoms with Crippen LogP contribution in [0.5, 0.6) is 28.7 Å². The van der Waals surface area contributed by atoms with E-state index in [-0.39, 0.29) is 31.5 Å². The van der Waals surface area contributed by atoms with Crippen LogP contribution in [-0.2, 0) is 32.7 Å². The molecule has 1 spiro atoms. The van der Waals surface area contributed by atoms with Gasteiger partial charge in [-0.15, -0.1) is 11.8 Å². The minimum atomic E-state index is -1.42. The van der Waals surface area contributed by atoms with Crippen molar-refractivity contribution in [2.75, 3.05) is 39.9 Å².